The van der Waals surface area contributed by atoms with Crippen LogP contribution in [0.5, 0.6) is 0 Å². The van der Waals surface area contributed by atoms with Gasteiger partial charge in [-0.3, -0.25) is 9.69 Å². The van der Waals surface area contributed by atoms with Crippen LogP contribution in [-0.2, 0) is 18.4 Å². The highest BCUT2D eigenvalue weighted by Gasteiger charge is 2.26. The first-order chi connectivity index (χ1) is 8.08. The first-order valence-corrected chi connectivity index (χ1v) is 5.88. The molecule has 1 fully saturated rings. The number of likely N-dealkylation sites (tertiary alicyclic amines) is 1. The quantitative estimate of drug-likeness (QED) is 0.826. The summed E-state index contributed by atoms with van der Waals surface area (Å²) < 4.78 is 1.95. The van der Waals surface area contributed by atoms with Gasteiger partial charge in [-0.25, -0.2) is 0 Å². The monoisotopic (exact) mass is 238 g/mol. The predicted molar refractivity (Wildman–Crippen MR) is 61.4 cm³/mol. The molecular weight excluding hydrogens is 220 g/mol. The SMILES string of the molecule is Cc1nnc(CN2CCCC(C(=O)O)C2)n1C. The molecule has 6 heteroatoms. The standard InChI is InChI=1S/C11H18N4O2/c1-8-12-13-10(14(8)2)7-15-5-3-4-9(6-15)11(16)17/h9H,3-7H2,1-2H3,(H,16,17). The van der Waals surface area contributed by atoms with Gasteiger partial charge in [0.25, 0.3) is 0 Å². The van der Waals surface area contributed by atoms with Crippen LogP contribution in [0, 0.1) is 12.8 Å². The second kappa shape index (κ2) is 4.83. The lowest BCUT2D eigenvalue weighted by atomic mass is 9.98. The molecule has 1 aliphatic heterocycles. The molecule has 1 saturated heterocycles. The number of hydrogen-bond acceptors (Lipinski definition) is 4. The average molecular weight is 238 g/mol. The van der Waals surface area contributed by atoms with Gasteiger partial charge in [-0.15, -0.1) is 10.2 Å². The molecule has 0 aliphatic carbocycles. The maximum atomic E-state index is 11.0. The van der Waals surface area contributed by atoms with Crippen LogP contribution in [0.2, 0.25) is 0 Å². The van der Waals surface area contributed by atoms with Crippen molar-refractivity contribution in [2.24, 2.45) is 13.0 Å². The smallest absolute Gasteiger partial charge is 0.307 e. The summed E-state index contributed by atoms with van der Waals surface area (Å²) in [5.41, 5.74) is 0. The van der Waals surface area contributed by atoms with Crippen molar-refractivity contribution in [1.82, 2.24) is 19.7 Å². The molecule has 6 nitrogen and oxygen atoms in total. The molecule has 1 aromatic heterocycles. The highest BCUT2D eigenvalue weighted by Crippen LogP contribution is 2.18. The molecule has 0 spiro atoms. The fourth-order valence-electron chi connectivity index (χ4n) is 2.19. The van der Waals surface area contributed by atoms with Crippen molar-refractivity contribution in [1.29, 1.82) is 0 Å². The van der Waals surface area contributed by atoms with Gasteiger partial charge >= 0.3 is 5.97 Å². The molecule has 0 amide bonds. The highest BCUT2D eigenvalue weighted by atomic mass is 16.4. The van der Waals surface area contributed by atoms with Crippen LogP contribution in [0.25, 0.3) is 0 Å². The van der Waals surface area contributed by atoms with E-state index in [0.29, 0.717) is 13.1 Å². The fraction of sp³-hybridized carbons (Fsp3) is 0.727. The molecule has 1 atom stereocenters. The lowest BCUT2D eigenvalue weighted by molar-refractivity contribution is -0.143. The number of carboxylic acids is 1. The minimum Gasteiger partial charge on any atom is -0.481 e. The molecule has 0 bridgehead atoms. The summed E-state index contributed by atoms with van der Waals surface area (Å²) >= 11 is 0. The molecule has 2 heterocycles. The summed E-state index contributed by atoms with van der Waals surface area (Å²) in [5, 5.41) is 17.1. The Morgan fingerprint density at radius 2 is 2.29 bits per heavy atom. The molecule has 2 rings (SSSR count). The second-order valence-corrected chi connectivity index (χ2v) is 4.63. The van der Waals surface area contributed by atoms with E-state index >= 15 is 0 Å². The zero-order valence-corrected chi connectivity index (χ0v) is 10.3. The van der Waals surface area contributed by atoms with Crippen LogP contribution >= 0.6 is 0 Å². The Kier molecular flexibility index (Phi) is 3.42. The molecule has 0 radical (unpaired) electrons. The number of carboxylic acid groups (broad SMARTS) is 1. The summed E-state index contributed by atoms with van der Waals surface area (Å²) in [6.45, 7) is 4.14. The lowest BCUT2D eigenvalue weighted by Gasteiger charge is -2.29. The van der Waals surface area contributed by atoms with E-state index < -0.39 is 5.97 Å². The third-order valence-electron chi connectivity index (χ3n) is 3.40. The molecule has 17 heavy (non-hydrogen) atoms. The Balaban J connectivity index is 1.99. The van der Waals surface area contributed by atoms with Gasteiger partial charge < -0.3 is 9.67 Å². The fourth-order valence-corrected chi connectivity index (χ4v) is 2.19. The van der Waals surface area contributed by atoms with Crippen LogP contribution in [0.15, 0.2) is 0 Å². The molecule has 0 aromatic carbocycles. The molecular formula is C11H18N4O2. The van der Waals surface area contributed by atoms with Gasteiger partial charge in [-0.2, -0.15) is 0 Å². The van der Waals surface area contributed by atoms with Crippen molar-refractivity contribution in [3.8, 4) is 0 Å². The largest absolute Gasteiger partial charge is 0.481 e. The number of nitrogens with zero attached hydrogens (tertiary/aromatic N) is 4. The number of rotatable bonds is 3. The van der Waals surface area contributed by atoms with Crippen molar-refractivity contribution in [3.05, 3.63) is 11.6 Å². The van der Waals surface area contributed by atoms with E-state index in [1.807, 2.05) is 18.5 Å². The Labute approximate surface area is 100 Å². The summed E-state index contributed by atoms with van der Waals surface area (Å²) in [6.07, 6.45) is 1.72. The topological polar surface area (TPSA) is 71.2 Å². The van der Waals surface area contributed by atoms with Crippen LogP contribution in [0.4, 0.5) is 0 Å². The van der Waals surface area contributed by atoms with Gasteiger partial charge in [-0.1, -0.05) is 0 Å². The van der Waals surface area contributed by atoms with E-state index in [0.717, 1.165) is 31.0 Å². The molecule has 1 N–H and O–H groups in total. The zero-order chi connectivity index (χ0) is 12.4. The molecule has 1 aliphatic rings. The lowest BCUT2D eigenvalue weighted by Crippen LogP contribution is -2.38. The average Bonchev–Trinajstić information content (AvgIpc) is 2.61. The third kappa shape index (κ3) is 2.63. The van der Waals surface area contributed by atoms with Gasteiger partial charge in [0.05, 0.1) is 12.5 Å². The number of aromatic nitrogens is 3. The number of hydrogen-bond donors (Lipinski definition) is 1. The normalized spacial score (nSPS) is 21.6. The highest BCUT2D eigenvalue weighted by molar-refractivity contribution is 5.70. The Bertz CT molecular complexity index is 416. The van der Waals surface area contributed by atoms with Crippen LogP contribution in [0.1, 0.15) is 24.5 Å². The van der Waals surface area contributed by atoms with Crippen molar-refractivity contribution in [2.75, 3.05) is 13.1 Å². The summed E-state index contributed by atoms with van der Waals surface area (Å²) in [6, 6.07) is 0. The van der Waals surface area contributed by atoms with Gasteiger partial charge in [-0.05, 0) is 26.3 Å². The molecule has 1 unspecified atom stereocenters. The second-order valence-electron chi connectivity index (χ2n) is 4.63. The number of aliphatic carboxylic acids is 1. The van der Waals surface area contributed by atoms with E-state index in [4.69, 9.17) is 5.11 Å². The van der Waals surface area contributed by atoms with E-state index in [2.05, 4.69) is 15.1 Å². The Morgan fingerprint density at radius 1 is 1.53 bits per heavy atom. The number of aryl methyl sites for hydroxylation is 1. The van der Waals surface area contributed by atoms with Crippen molar-refractivity contribution < 1.29 is 9.90 Å². The van der Waals surface area contributed by atoms with Crippen molar-refractivity contribution >= 4 is 5.97 Å². The minimum atomic E-state index is -0.691. The van der Waals surface area contributed by atoms with Gasteiger partial charge in [0, 0.05) is 13.6 Å². The van der Waals surface area contributed by atoms with Crippen molar-refractivity contribution in [3.63, 3.8) is 0 Å². The summed E-state index contributed by atoms with van der Waals surface area (Å²) in [4.78, 5) is 13.1. The van der Waals surface area contributed by atoms with E-state index in [1.54, 1.807) is 0 Å². The van der Waals surface area contributed by atoms with Crippen LogP contribution in [0.3, 0.4) is 0 Å². The van der Waals surface area contributed by atoms with Gasteiger partial charge in [0.1, 0.15) is 11.6 Å². The Hall–Kier alpha value is -1.43. The first-order valence-electron chi connectivity index (χ1n) is 5.88. The number of carbonyl (C=O) groups is 1. The number of piperidine rings is 1. The maximum Gasteiger partial charge on any atom is 0.307 e. The minimum absolute atomic E-state index is 0.238. The Morgan fingerprint density at radius 3 is 2.88 bits per heavy atom. The first kappa shape index (κ1) is 12.0. The van der Waals surface area contributed by atoms with Crippen LogP contribution < -0.4 is 0 Å². The predicted octanol–water partition coefficient (Wildman–Crippen LogP) is 0.420. The summed E-state index contributed by atoms with van der Waals surface area (Å²) in [7, 11) is 1.93. The van der Waals surface area contributed by atoms with E-state index in [-0.39, 0.29) is 5.92 Å². The van der Waals surface area contributed by atoms with Gasteiger partial charge in [0.2, 0.25) is 0 Å². The zero-order valence-electron chi connectivity index (χ0n) is 10.3. The van der Waals surface area contributed by atoms with Crippen LogP contribution in [-0.4, -0.2) is 43.8 Å². The van der Waals surface area contributed by atoms with Crippen molar-refractivity contribution in [2.45, 2.75) is 26.3 Å². The van der Waals surface area contributed by atoms with E-state index in [1.165, 1.54) is 0 Å². The third-order valence-corrected chi connectivity index (χ3v) is 3.40. The molecule has 94 valence electrons. The summed E-state index contributed by atoms with van der Waals surface area (Å²) in [5.74, 6) is 0.849. The molecule has 1 aromatic rings. The molecule has 0 saturated carbocycles. The van der Waals surface area contributed by atoms with Gasteiger partial charge in [0.15, 0.2) is 0 Å². The maximum absolute atomic E-state index is 11.0. The van der Waals surface area contributed by atoms with E-state index in [9.17, 15) is 4.79 Å².